The van der Waals surface area contributed by atoms with Gasteiger partial charge in [-0.25, -0.2) is 9.97 Å². The number of aromatic nitrogens is 3. The summed E-state index contributed by atoms with van der Waals surface area (Å²) in [4.78, 5) is 18.7. The highest BCUT2D eigenvalue weighted by atomic mass is 79.9. The predicted molar refractivity (Wildman–Crippen MR) is 85.4 cm³/mol. The maximum absolute atomic E-state index is 11.1. The molecule has 3 aromatic rings. The number of benzene rings is 1. The van der Waals surface area contributed by atoms with Crippen LogP contribution in [0.25, 0.3) is 5.69 Å². The largest absolute Gasteiger partial charge is 0.334 e. The summed E-state index contributed by atoms with van der Waals surface area (Å²) in [6, 6.07) is 8.84. The molecule has 0 bridgehead atoms. The van der Waals surface area contributed by atoms with E-state index in [0.717, 1.165) is 5.69 Å². The van der Waals surface area contributed by atoms with Gasteiger partial charge in [-0.1, -0.05) is 6.07 Å². The molecule has 2 aromatic heterocycles. The molecule has 7 nitrogen and oxygen atoms in total. The Hall–Kier alpha value is -2.74. The molecular formula is C14H10BrN5O2. The maximum Gasteiger partial charge on any atom is 0.312 e. The molecule has 8 heteroatoms. The zero-order valence-corrected chi connectivity index (χ0v) is 12.8. The fourth-order valence-corrected chi connectivity index (χ4v) is 2.28. The van der Waals surface area contributed by atoms with E-state index in [4.69, 9.17) is 0 Å². The number of rotatable bonds is 4. The topological polar surface area (TPSA) is 85.9 Å². The number of nitrogens with zero attached hydrogens (tertiary/aromatic N) is 4. The lowest BCUT2D eigenvalue weighted by Gasteiger charge is -2.08. The van der Waals surface area contributed by atoms with Gasteiger partial charge in [0.25, 0.3) is 0 Å². The molecule has 2 heterocycles. The third kappa shape index (κ3) is 2.96. The predicted octanol–water partition coefficient (Wildman–Crippen LogP) is 3.68. The molecule has 0 unspecified atom stereocenters. The van der Waals surface area contributed by atoms with Crippen LogP contribution in [0.3, 0.4) is 0 Å². The van der Waals surface area contributed by atoms with Gasteiger partial charge in [0.05, 0.1) is 11.3 Å². The number of halogens is 1. The van der Waals surface area contributed by atoms with Crippen LogP contribution in [0.4, 0.5) is 17.2 Å². The first-order chi connectivity index (χ1) is 10.6. The van der Waals surface area contributed by atoms with Gasteiger partial charge in [-0.05, 0) is 34.1 Å². The number of imidazole rings is 1. The summed E-state index contributed by atoms with van der Waals surface area (Å²) in [5, 5.41) is 14.1. The summed E-state index contributed by atoms with van der Waals surface area (Å²) in [6.07, 6.45) is 6.69. The number of anilines is 2. The normalized spacial score (nSPS) is 10.4. The minimum atomic E-state index is -0.472. The number of nitro groups is 1. The van der Waals surface area contributed by atoms with Crippen molar-refractivity contribution in [2.75, 3.05) is 5.32 Å². The van der Waals surface area contributed by atoms with E-state index >= 15 is 0 Å². The average Bonchev–Trinajstić information content (AvgIpc) is 3.03. The van der Waals surface area contributed by atoms with E-state index in [-0.39, 0.29) is 11.5 Å². The van der Waals surface area contributed by atoms with Gasteiger partial charge in [0.2, 0.25) is 5.82 Å². The van der Waals surface area contributed by atoms with E-state index in [1.807, 2.05) is 35.0 Å². The van der Waals surface area contributed by atoms with Crippen molar-refractivity contribution in [3.63, 3.8) is 0 Å². The van der Waals surface area contributed by atoms with Crippen molar-refractivity contribution in [2.24, 2.45) is 0 Å². The molecule has 1 aromatic carbocycles. The van der Waals surface area contributed by atoms with Gasteiger partial charge >= 0.3 is 5.69 Å². The third-order valence-corrected chi connectivity index (χ3v) is 3.38. The molecule has 0 aliphatic carbocycles. The monoisotopic (exact) mass is 359 g/mol. The van der Waals surface area contributed by atoms with Crippen molar-refractivity contribution in [2.45, 2.75) is 0 Å². The van der Waals surface area contributed by atoms with Crippen LogP contribution in [0.2, 0.25) is 0 Å². The van der Waals surface area contributed by atoms with Crippen molar-refractivity contribution < 1.29 is 4.92 Å². The van der Waals surface area contributed by atoms with E-state index < -0.39 is 4.92 Å². The number of pyridine rings is 1. The van der Waals surface area contributed by atoms with Crippen molar-refractivity contribution >= 4 is 33.1 Å². The fraction of sp³-hybridized carbons (Fsp3) is 0. The van der Waals surface area contributed by atoms with Crippen molar-refractivity contribution in [3.8, 4) is 5.69 Å². The number of hydrogen-bond acceptors (Lipinski definition) is 5. The Morgan fingerprint density at radius 3 is 2.91 bits per heavy atom. The second-order valence-corrected chi connectivity index (χ2v) is 5.34. The van der Waals surface area contributed by atoms with Crippen LogP contribution in [0.15, 0.2) is 59.7 Å². The Morgan fingerprint density at radius 1 is 1.32 bits per heavy atom. The van der Waals surface area contributed by atoms with Gasteiger partial charge in [-0.15, -0.1) is 0 Å². The van der Waals surface area contributed by atoms with Gasteiger partial charge in [-0.2, -0.15) is 0 Å². The lowest BCUT2D eigenvalue weighted by Crippen LogP contribution is -2.00. The molecule has 22 heavy (non-hydrogen) atoms. The van der Waals surface area contributed by atoms with Crippen LogP contribution in [-0.2, 0) is 0 Å². The van der Waals surface area contributed by atoms with Crippen LogP contribution >= 0.6 is 15.9 Å². The number of hydrogen-bond donors (Lipinski definition) is 1. The van der Waals surface area contributed by atoms with Gasteiger partial charge < -0.3 is 9.88 Å². The first-order valence-electron chi connectivity index (χ1n) is 6.29. The zero-order valence-electron chi connectivity index (χ0n) is 11.2. The summed E-state index contributed by atoms with van der Waals surface area (Å²) < 4.78 is 2.39. The second-order valence-electron chi connectivity index (χ2n) is 4.42. The zero-order chi connectivity index (χ0) is 15.5. The van der Waals surface area contributed by atoms with Crippen molar-refractivity contribution in [3.05, 3.63) is 69.8 Å². The highest BCUT2D eigenvalue weighted by Gasteiger charge is 2.16. The van der Waals surface area contributed by atoms with Crippen LogP contribution in [-0.4, -0.2) is 19.5 Å². The molecule has 3 rings (SSSR count). The highest BCUT2D eigenvalue weighted by Crippen LogP contribution is 2.28. The van der Waals surface area contributed by atoms with Crippen molar-refractivity contribution in [1.82, 2.24) is 14.5 Å². The van der Waals surface area contributed by atoms with Crippen LogP contribution in [0.1, 0.15) is 0 Å². The lowest BCUT2D eigenvalue weighted by atomic mass is 10.2. The molecule has 0 spiro atoms. The summed E-state index contributed by atoms with van der Waals surface area (Å²) in [5.74, 6) is 0.191. The SMILES string of the molecule is O=[N+]([O-])c1cc(Br)cnc1Nc1cccc(-n2ccnc2)c1. The summed E-state index contributed by atoms with van der Waals surface area (Å²) in [7, 11) is 0. The molecule has 0 radical (unpaired) electrons. The standard InChI is InChI=1S/C14H10BrN5O2/c15-10-6-13(20(21)22)14(17-8-10)18-11-2-1-3-12(7-11)19-5-4-16-9-19/h1-9H,(H,17,18). The summed E-state index contributed by atoms with van der Waals surface area (Å²) in [5.41, 5.74) is 1.49. The Morgan fingerprint density at radius 2 is 2.18 bits per heavy atom. The molecule has 0 aliphatic heterocycles. The molecule has 0 amide bonds. The average molecular weight is 360 g/mol. The van der Waals surface area contributed by atoms with E-state index in [1.54, 1.807) is 12.5 Å². The molecule has 0 atom stereocenters. The highest BCUT2D eigenvalue weighted by molar-refractivity contribution is 9.10. The first-order valence-corrected chi connectivity index (χ1v) is 7.08. The number of nitrogens with one attached hydrogen (secondary N) is 1. The van der Waals surface area contributed by atoms with E-state index in [0.29, 0.717) is 10.2 Å². The van der Waals surface area contributed by atoms with Crippen LogP contribution in [0, 0.1) is 10.1 Å². The van der Waals surface area contributed by atoms with Gasteiger partial charge in [0.1, 0.15) is 0 Å². The molecule has 110 valence electrons. The fourth-order valence-electron chi connectivity index (χ4n) is 1.96. The second kappa shape index (κ2) is 5.94. The van der Waals surface area contributed by atoms with Crippen molar-refractivity contribution in [1.29, 1.82) is 0 Å². The molecule has 0 saturated carbocycles. The molecule has 1 N–H and O–H groups in total. The Labute approximate surface area is 133 Å². The van der Waals surface area contributed by atoms with E-state index in [9.17, 15) is 10.1 Å². The van der Waals surface area contributed by atoms with Gasteiger partial charge in [0, 0.05) is 40.5 Å². The summed E-state index contributed by atoms with van der Waals surface area (Å²) in [6.45, 7) is 0. The lowest BCUT2D eigenvalue weighted by molar-refractivity contribution is -0.384. The van der Waals surface area contributed by atoms with Gasteiger partial charge in [0.15, 0.2) is 0 Å². The first kappa shape index (κ1) is 14.2. The Kier molecular flexibility index (Phi) is 3.84. The minimum Gasteiger partial charge on any atom is -0.334 e. The quantitative estimate of drug-likeness (QED) is 0.567. The Bertz CT molecular complexity index is 820. The Balaban J connectivity index is 1.94. The summed E-state index contributed by atoms with van der Waals surface area (Å²) >= 11 is 3.18. The van der Waals surface area contributed by atoms with Crippen LogP contribution < -0.4 is 5.32 Å². The minimum absolute atomic E-state index is 0.0950. The molecule has 0 saturated heterocycles. The van der Waals surface area contributed by atoms with Crippen LogP contribution in [0.5, 0.6) is 0 Å². The molecule has 0 fully saturated rings. The van der Waals surface area contributed by atoms with E-state index in [1.165, 1.54) is 12.3 Å². The smallest absolute Gasteiger partial charge is 0.312 e. The molecular weight excluding hydrogens is 350 g/mol. The molecule has 0 aliphatic rings. The van der Waals surface area contributed by atoms with E-state index in [2.05, 4.69) is 31.2 Å². The third-order valence-electron chi connectivity index (χ3n) is 2.94. The maximum atomic E-state index is 11.1. The van der Waals surface area contributed by atoms with Gasteiger partial charge in [-0.3, -0.25) is 10.1 Å².